The van der Waals surface area contributed by atoms with Crippen LogP contribution in [0.25, 0.3) is 0 Å². The Labute approximate surface area is 221 Å². The molecular formula is C26H33F3N2O6S. The van der Waals surface area contributed by atoms with Gasteiger partial charge in [0.1, 0.15) is 22.1 Å². The average molecular weight is 559 g/mol. The maximum absolute atomic E-state index is 13.6. The van der Waals surface area contributed by atoms with E-state index in [0.717, 1.165) is 43.9 Å². The topological polar surface area (TPSA) is 96.4 Å². The van der Waals surface area contributed by atoms with Crippen molar-refractivity contribution in [1.29, 1.82) is 0 Å². The number of nitrogens with zero attached hydrogens (tertiary/aromatic N) is 2. The number of hydrogen-bond donors (Lipinski definition) is 1. The molecule has 0 atom stereocenters. The summed E-state index contributed by atoms with van der Waals surface area (Å²) in [7, 11) is -4.15. The molecule has 2 aromatic carbocycles. The standard InChI is InChI=1S/C26H33F3N2O6S/c1-3-5-12-30(13-6-4-2)22-18-23(36-19-10-9-11-20(16-19)37-26(27,28)29)24(17-21(22)25(32)33)38(34,35)31-14-7-8-15-31/h9-11,16-18H,3-8,12-15H2,1-2H3,(H,32,33). The molecule has 1 aliphatic rings. The molecule has 3 rings (SSSR count). The molecule has 38 heavy (non-hydrogen) atoms. The first-order chi connectivity index (χ1) is 18.0. The van der Waals surface area contributed by atoms with E-state index in [1.807, 2.05) is 18.7 Å². The maximum Gasteiger partial charge on any atom is 0.573 e. The van der Waals surface area contributed by atoms with Crippen LogP contribution in [0, 0.1) is 0 Å². The van der Waals surface area contributed by atoms with Crippen LogP contribution in [0.2, 0.25) is 0 Å². The highest BCUT2D eigenvalue weighted by Gasteiger charge is 2.34. The molecule has 0 amide bonds. The van der Waals surface area contributed by atoms with Crippen molar-refractivity contribution in [2.75, 3.05) is 31.1 Å². The Balaban J connectivity index is 2.17. The van der Waals surface area contributed by atoms with Crippen LogP contribution >= 0.6 is 0 Å². The smallest absolute Gasteiger partial charge is 0.478 e. The Hall–Kier alpha value is -2.99. The molecule has 0 spiro atoms. The molecule has 8 nitrogen and oxygen atoms in total. The number of anilines is 1. The number of carbonyl (C=O) groups is 1. The molecule has 0 radical (unpaired) electrons. The number of unbranched alkanes of at least 4 members (excludes halogenated alkanes) is 2. The number of aromatic carboxylic acids is 1. The number of halogens is 3. The molecule has 0 saturated carbocycles. The van der Waals surface area contributed by atoms with Gasteiger partial charge in [-0.1, -0.05) is 32.8 Å². The lowest BCUT2D eigenvalue weighted by Crippen LogP contribution is -2.30. The third kappa shape index (κ3) is 7.53. The van der Waals surface area contributed by atoms with Crippen molar-refractivity contribution in [3.05, 3.63) is 42.0 Å². The quantitative estimate of drug-likeness (QED) is 0.310. The fourth-order valence-corrected chi connectivity index (χ4v) is 5.88. The van der Waals surface area contributed by atoms with Gasteiger partial charge in [0.05, 0.1) is 11.3 Å². The number of carboxylic acids is 1. The van der Waals surface area contributed by atoms with Crippen molar-refractivity contribution >= 4 is 21.7 Å². The fraction of sp³-hybridized carbons (Fsp3) is 0.500. The highest BCUT2D eigenvalue weighted by Crippen LogP contribution is 2.39. The van der Waals surface area contributed by atoms with E-state index in [9.17, 15) is 31.5 Å². The summed E-state index contributed by atoms with van der Waals surface area (Å²) >= 11 is 0. The zero-order chi connectivity index (χ0) is 27.9. The normalized spacial score (nSPS) is 14.4. The van der Waals surface area contributed by atoms with Gasteiger partial charge in [0, 0.05) is 38.3 Å². The number of sulfonamides is 1. The highest BCUT2D eigenvalue weighted by molar-refractivity contribution is 7.89. The number of rotatable bonds is 13. The lowest BCUT2D eigenvalue weighted by molar-refractivity contribution is -0.274. The zero-order valence-electron chi connectivity index (χ0n) is 21.5. The number of benzene rings is 2. The molecule has 2 aromatic rings. The van der Waals surface area contributed by atoms with Gasteiger partial charge in [-0.3, -0.25) is 0 Å². The van der Waals surface area contributed by atoms with Gasteiger partial charge >= 0.3 is 12.3 Å². The first kappa shape index (κ1) is 29.6. The van der Waals surface area contributed by atoms with E-state index in [1.54, 1.807) is 0 Å². The monoisotopic (exact) mass is 558 g/mol. The molecule has 1 saturated heterocycles. The summed E-state index contributed by atoms with van der Waals surface area (Å²) in [5, 5.41) is 10.0. The van der Waals surface area contributed by atoms with Gasteiger partial charge in [-0.2, -0.15) is 4.31 Å². The first-order valence-electron chi connectivity index (χ1n) is 12.7. The van der Waals surface area contributed by atoms with Crippen LogP contribution in [0.5, 0.6) is 17.2 Å². The van der Waals surface area contributed by atoms with Gasteiger partial charge in [-0.25, -0.2) is 13.2 Å². The predicted molar refractivity (Wildman–Crippen MR) is 137 cm³/mol. The summed E-state index contributed by atoms with van der Waals surface area (Å²) in [5.41, 5.74) is 0.106. The molecule has 1 fully saturated rings. The molecule has 1 heterocycles. The fourth-order valence-electron chi connectivity index (χ4n) is 4.24. The molecule has 1 N–H and O–H groups in total. The summed E-state index contributed by atoms with van der Waals surface area (Å²) in [6, 6.07) is 7.21. The molecule has 1 aliphatic heterocycles. The van der Waals surface area contributed by atoms with Crippen LogP contribution in [0.15, 0.2) is 41.3 Å². The van der Waals surface area contributed by atoms with Crippen molar-refractivity contribution in [1.82, 2.24) is 4.31 Å². The Morgan fingerprint density at radius 3 is 2.18 bits per heavy atom. The third-order valence-corrected chi connectivity index (χ3v) is 8.07. The maximum atomic E-state index is 13.6. The summed E-state index contributed by atoms with van der Waals surface area (Å²) in [4.78, 5) is 13.9. The third-order valence-electron chi connectivity index (χ3n) is 6.15. The molecular weight excluding hydrogens is 525 g/mol. The second kappa shape index (κ2) is 12.7. The minimum atomic E-state index is -4.92. The lowest BCUT2D eigenvalue weighted by Gasteiger charge is -2.28. The number of carboxylic acid groups (broad SMARTS) is 1. The van der Waals surface area contributed by atoms with Crippen LogP contribution in [0.4, 0.5) is 18.9 Å². The van der Waals surface area contributed by atoms with E-state index in [1.165, 1.54) is 22.5 Å². The van der Waals surface area contributed by atoms with Crippen molar-refractivity contribution in [2.24, 2.45) is 0 Å². The van der Waals surface area contributed by atoms with Gasteiger partial charge in [0.2, 0.25) is 10.0 Å². The molecule has 12 heteroatoms. The number of ether oxygens (including phenoxy) is 2. The molecule has 210 valence electrons. The van der Waals surface area contributed by atoms with Crippen LogP contribution < -0.4 is 14.4 Å². The van der Waals surface area contributed by atoms with E-state index in [2.05, 4.69) is 4.74 Å². The van der Waals surface area contributed by atoms with Gasteiger partial charge in [0.15, 0.2) is 0 Å². The SMILES string of the molecule is CCCCN(CCCC)c1cc(Oc2cccc(OC(F)(F)F)c2)c(S(=O)(=O)N2CCCC2)cc1C(=O)O. The Bertz CT molecular complexity index is 1210. The van der Waals surface area contributed by atoms with Gasteiger partial charge < -0.3 is 19.5 Å². The van der Waals surface area contributed by atoms with Crippen molar-refractivity contribution in [3.63, 3.8) is 0 Å². The zero-order valence-corrected chi connectivity index (χ0v) is 22.3. The van der Waals surface area contributed by atoms with E-state index in [4.69, 9.17) is 4.74 Å². The second-order valence-corrected chi connectivity index (χ2v) is 11.0. The van der Waals surface area contributed by atoms with E-state index >= 15 is 0 Å². The highest BCUT2D eigenvalue weighted by atomic mass is 32.2. The minimum absolute atomic E-state index is 0.0905. The lowest BCUT2D eigenvalue weighted by atomic mass is 10.1. The van der Waals surface area contributed by atoms with Gasteiger partial charge in [0.25, 0.3) is 0 Å². The van der Waals surface area contributed by atoms with E-state index in [0.29, 0.717) is 25.9 Å². The van der Waals surface area contributed by atoms with Crippen LogP contribution in [-0.2, 0) is 10.0 Å². The molecule has 0 aliphatic carbocycles. The number of hydrogen-bond acceptors (Lipinski definition) is 6. The Morgan fingerprint density at radius 2 is 1.63 bits per heavy atom. The minimum Gasteiger partial charge on any atom is -0.478 e. The Morgan fingerprint density at radius 1 is 1.03 bits per heavy atom. The summed E-state index contributed by atoms with van der Waals surface area (Å²) in [5.74, 6) is -2.08. The van der Waals surface area contributed by atoms with Crippen LogP contribution in [0.1, 0.15) is 62.7 Å². The predicted octanol–water partition coefficient (Wildman–Crippen LogP) is 6.27. The largest absolute Gasteiger partial charge is 0.573 e. The molecule has 0 aromatic heterocycles. The second-order valence-electron chi connectivity index (χ2n) is 9.05. The van der Waals surface area contributed by atoms with Gasteiger partial charge in [-0.15, -0.1) is 13.2 Å². The Kier molecular flexibility index (Phi) is 9.88. The van der Waals surface area contributed by atoms with Crippen molar-refractivity contribution in [3.8, 4) is 17.2 Å². The molecule has 0 unspecified atom stereocenters. The first-order valence-corrected chi connectivity index (χ1v) is 14.1. The van der Waals surface area contributed by atoms with Gasteiger partial charge in [-0.05, 0) is 43.9 Å². The van der Waals surface area contributed by atoms with Crippen LogP contribution in [-0.4, -0.2) is 56.3 Å². The average Bonchev–Trinajstić information content (AvgIpc) is 3.39. The molecule has 0 bridgehead atoms. The van der Waals surface area contributed by atoms with Crippen molar-refractivity contribution in [2.45, 2.75) is 63.6 Å². The van der Waals surface area contributed by atoms with E-state index < -0.39 is 28.1 Å². The number of alkyl halides is 3. The van der Waals surface area contributed by atoms with Crippen molar-refractivity contribution < 1.29 is 41.0 Å². The van der Waals surface area contributed by atoms with E-state index in [-0.39, 0.29) is 40.7 Å². The summed E-state index contributed by atoms with van der Waals surface area (Å²) in [6.45, 7) is 5.66. The summed E-state index contributed by atoms with van der Waals surface area (Å²) < 4.78 is 76.5. The summed E-state index contributed by atoms with van der Waals surface area (Å²) in [6.07, 6.45) is -0.301. The van der Waals surface area contributed by atoms with Crippen LogP contribution in [0.3, 0.4) is 0 Å².